The summed E-state index contributed by atoms with van der Waals surface area (Å²) in [7, 11) is 0. The van der Waals surface area contributed by atoms with Crippen LogP contribution in [0.25, 0.3) is 0 Å². The summed E-state index contributed by atoms with van der Waals surface area (Å²) in [5, 5.41) is 3.72. The van der Waals surface area contributed by atoms with Crippen molar-refractivity contribution in [3.05, 3.63) is 0 Å². The van der Waals surface area contributed by atoms with Crippen LogP contribution in [0.4, 0.5) is 0 Å². The standard InChI is InChI=1S/C13H27N2/c1-12(2)9-11(7-5-6-8-14)10-13(3,4)15-12/h11,14-15H,5-10H2,1-4H3. The fourth-order valence-electron chi connectivity index (χ4n) is 3.30. The Balaban J connectivity index is 2.44. The van der Waals surface area contributed by atoms with E-state index < -0.39 is 0 Å². The van der Waals surface area contributed by atoms with E-state index in [9.17, 15) is 0 Å². The summed E-state index contributed by atoms with van der Waals surface area (Å²) in [6.45, 7) is 9.84. The molecule has 0 aliphatic carbocycles. The summed E-state index contributed by atoms with van der Waals surface area (Å²) >= 11 is 0. The molecule has 0 unspecified atom stereocenters. The minimum atomic E-state index is 0.285. The second kappa shape index (κ2) is 4.84. The minimum Gasteiger partial charge on any atom is -0.307 e. The zero-order chi connectivity index (χ0) is 11.5. The lowest BCUT2D eigenvalue weighted by Gasteiger charge is -2.46. The molecule has 0 atom stereocenters. The van der Waals surface area contributed by atoms with E-state index in [0.717, 1.165) is 12.3 Å². The lowest BCUT2D eigenvalue weighted by atomic mass is 9.74. The van der Waals surface area contributed by atoms with Crippen LogP contribution in [-0.2, 0) is 0 Å². The Hall–Kier alpha value is -0.0800. The first kappa shape index (κ1) is 13.0. The molecule has 1 saturated heterocycles. The number of piperidine rings is 1. The molecule has 0 aromatic rings. The van der Waals surface area contributed by atoms with Crippen molar-refractivity contribution >= 4 is 0 Å². The molecule has 0 saturated carbocycles. The zero-order valence-corrected chi connectivity index (χ0v) is 10.8. The lowest BCUT2D eigenvalue weighted by Crippen LogP contribution is -2.57. The summed E-state index contributed by atoms with van der Waals surface area (Å²) in [5.41, 5.74) is 7.73. The van der Waals surface area contributed by atoms with Crippen LogP contribution in [-0.4, -0.2) is 17.6 Å². The smallest absolute Gasteiger partial charge is 0.0132 e. The largest absolute Gasteiger partial charge is 0.307 e. The Morgan fingerprint density at radius 2 is 1.60 bits per heavy atom. The summed E-state index contributed by atoms with van der Waals surface area (Å²) < 4.78 is 0. The van der Waals surface area contributed by atoms with Crippen LogP contribution in [0.3, 0.4) is 0 Å². The Morgan fingerprint density at radius 3 is 2.07 bits per heavy atom. The van der Waals surface area contributed by atoms with Crippen LogP contribution in [0.15, 0.2) is 0 Å². The van der Waals surface area contributed by atoms with Crippen molar-refractivity contribution in [3.63, 3.8) is 0 Å². The number of hydrogen-bond acceptors (Lipinski definition) is 1. The molecule has 0 bridgehead atoms. The molecular weight excluding hydrogens is 184 g/mol. The maximum absolute atomic E-state index is 7.16. The molecule has 1 aliphatic heterocycles. The average Bonchev–Trinajstić information content (AvgIpc) is 1.98. The average molecular weight is 211 g/mol. The number of nitrogens with one attached hydrogen (secondary N) is 2. The van der Waals surface area contributed by atoms with Crippen molar-refractivity contribution in [1.29, 1.82) is 0 Å². The van der Waals surface area contributed by atoms with Gasteiger partial charge in [0.15, 0.2) is 0 Å². The van der Waals surface area contributed by atoms with Gasteiger partial charge in [-0.1, -0.05) is 12.8 Å². The third-order valence-corrected chi connectivity index (χ3v) is 3.31. The van der Waals surface area contributed by atoms with Gasteiger partial charge in [-0.25, -0.2) is 0 Å². The molecule has 1 aliphatic rings. The van der Waals surface area contributed by atoms with Crippen LogP contribution < -0.4 is 11.1 Å². The van der Waals surface area contributed by atoms with Gasteiger partial charge in [0.25, 0.3) is 0 Å². The molecule has 15 heavy (non-hydrogen) atoms. The van der Waals surface area contributed by atoms with Gasteiger partial charge < -0.3 is 5.32 Å². The van der Waals surface area contributed by atoms with Gasteiger partial charge in [0.2, 0.25) is 0 Å². The van der Waals surface area contributed by atoms with E-state index >= 15 is 0 Å². The van der Waals surface area contributed by atoms with E-state index in [0.29, 0.717) is 6.54 Å². The highest BCUT2D eigenvalue weighted by Crippen LogP contribution is 2.35. The minimum absolute atomic E-state index is 0.285. The fourth-order valence-corrected chi connectivity index (χ4v) is 3.30. The zero-order valence-electron chi connectivity index (χ0n) is 10.8. The third kappa shape index (κ3) is 4.52. The lowest BCUT2D eigenvalue weighted by molar-refractivity contribution is 0.122. The summed E-state index contributed by atoms with van der Waals surface area (Å²) in [4.78, 5) is 0. The topological polar surface area (TPSA) is 35.8 Å². The second-order valence-electron chi connectivity index (χ2n) is 6.41. The first-order valence-electron chi connectivity index (χ1n) is 6.29. The van der Waals surface area contributed by atoms with Crippen molar-refractivity contribution in [3.8, 4) is 0 Å². The Labute approximate surface area is 95.0 Å². The molecule has 2 N–H and O–H groups in total. The molecule has 0 spiro atoms. The van der Waals surface area contributed by atoms with Crippen molar-refractivity contribution in [2.75, 3.05) is 6.54 Å². The summed E-state index contributed by atoms with van der Waals surface area (Å²) in [6.07, 6.45) is 6.20. The van der Waals surface area contributed by atoms with Gasteiger partial charge in [-0.15, -0.1) is 0 Å². The summed E-state index contributed by atoms with van der Waals surface area (Å²) in [5.74, 6) is 0.850. The quantitative estimate of drug-likeness (QED) is 0.713. The first-order valence-corrected chi connectivity index (χ1v) is 6.29. The molecular formula is C13H27N2. The fraction of sp³-hybridized carbons (Fsp3) is 1.00. The summed E-state index contributed by atoms with van der Waals surface area (Å²) in [6, 6.07) is 0. The third-order valence-electron chi connectivity index (χ3n) is 3.31. The SMILES string of the molecule is CC1(C)CC(CCCC[NH])CC(C)(C)N1. The van der Waals surface area contributed by atoms with E-state index in [-0.39, 0.29) is 11.1 Å². The first-order chi connectivity index (χ1) is 6.85. The molecule has 89 valence electrons. The van der Waals surface area contributed by atoms with E-state index in [1.807, 2.05) is 0 Å². The molecule has 1 radical (unpaired) electrons. The van der Waals surface area contributed by atoms with Crippen LogP contribution in [0.1, 0.15) is 59.8 Å². The second-order valence-corrected chi connectivity index (χ2v) is 6.41. The van der Waals surface area contributed by atoms with E-state index in [4.69, 9.17) is 5.73 Å². The molecule has 0 aromatic carbocycles. The van der Waals surface area contributed by atoms with Crippen molar-refractivity contribution in [1.82, 2.24) is 11.1 Å². The van der Waals surface area contributed by atoms with Gasteiger partial charge >= 0.3 is 0 Å². The van der Waals surface area contributed by atoms with Gasteiger partial charge in [-0.2, -0.15) is 0 Å². The maximum atomic E-state index is 7.16. The van der Waals surface area contributed by atoms with E-state index in [2.05, 4.69) is 33.0 Å². The van der Waals surface area contributed by atoms with Crippen molar-refractivity contribution in [2.45, 2.75) is 70.9 Å². The monoisotopic (exact) mass is 211 g/mol. The van der Waals surface area contributed by atoms with E-state index in [1.54, 1.807) is 0 Å². The van der Waals surface area contributed by atoms with Crippen LogP contribution >= 0.6 is 0 Å². The predicted octanol–water partition coefficient (Wildman–Crippen LogP) is 3.00. The number of hydrogen-bond donors (Lipinski definition) is 1. The Morgan fingerprint density at radius 1 is 1.07 bits per heavy atom. The van der Waals surface area contributed by atoms with Crippen molar-refractivity contribution in [2.24, 2.45) is 5.92 Å². The van der Waals surface area contributed by atoms with Gasteiger partial charge in [0.05, 0.1) is 0 Å². The van der Waals surface area contributed by atoms with Gasteiger partial charge in [-0.05, 0) is 52.9 Å². The molecule has 1 heterocycles. The number of rotatable bonds is 4. The molecule has 0 aromatic heterocycles. The molecule has 1 fully saturated rings. The van der Waals surface area contributed by atoms with Crippen LogP contribution in [0.5, 0.6) is 0 Å². The van der Waals surface area contributed by atoms with Gasteiger partial charge in [0, 0.05) is 17.6 Å². The highest BCUT2D eigenvalue weighted by Gasteiger charge is 2.36. The normalized spacial score (nSPS) is 25.4. The predicted molar refractivity (Wildman–Crippen MR) is 65.8 cm³/mol. The Bertz CT molecular complexity index is 181. The molecule has 1 rings (SSSR count). The van der Waals surface area contributed by atoms with Crippen LogP contribution in [0.2, 0.25) is 0 Å². The Kier molecular flexibility index (Phi) is 4.19. The number of unbranched alkanes of at least 4 members (excludes halogenated alkanes) is 1. The molecule has 0 amide bonds. The molecule has 2 heteroatoms. The maximum Gasteiger partial charge on any atom is 0.0132 e. The van der Waals surface area contributed by atoms with Gasteiger partial charge in [-0.3, -0.25) is 5.73 Å². The highest BCUT2D eigenvalue weighted by atomic mass is 15.0. The molecule has 2 nitrogen and oxygen atoms in total. The van der Waals surface area contributed by atoms with Crippen molar-refractivity contribution < 1.29 is 0 Å². The van der Waals surface area contributed by atoms with E-state index in [1.165, 1.54) is 25.7 Å². The van der Waals surface area contributed by atoms with Gasteiger partial charge in [0.1, 0.15) is 0 Å². The highest BCUT2D eigenvalue weighted by molar-refractivity contribution is 4.96. The van der Waals surface area contributed by atoms with Crippen LogP contribution in [0, 0.1) is 5.92 Å².